The van der Waals surface area contributed by atoms with Crippen molar-refractivity contribution in [2.24, 2.45) is 0 Å². The van der Waals surface area contributed by atoms with Gasteiger partial charge in [0.15, 0.2) is 0 Å². The summed E-state index contributed by atoms with van der Waals surface area (Å²) in [6.07, 6.45) is 50.1. The first-order valence-corrected chi connectivity index (χ1v) is 29.8. The molecule has 452 valence electrons. The van der Waals surface area contributed by atoms with E-state index in [4.69, 9.17) is 0 Å². The molecular weight excluding hydrogens is 1130 g/mol. The van der Waals surface area contributed by atoms with Crippen molar-refractivity contribution in [2.45, 2.75) is 350 Å². The summed E-state index contributed by atoms with van der Waals surface area (Å²) in [5, 5.41) is 60.1. The van der Waals surface area contributed by atoms with Crippen LogP contribution in [0.1, 0.15) is 350 Å². The molecule has 0 saturated heterocycles. The van der Waals surface area contributed by atoms with Gasteiger partial charge in [0.05, 0.1) is 0 Å². The number of unbranched alkanes of at least 4 members (excludes halogenated alkanes) is 36. The zero-order valence-corrected chi connectivity index (χ0v) is 51.6. The Labute approximate surface area is 483 Å². The average molecular weight is 1240 g/mol. The molecule has 0 amide bonds. The number of rotatable bonds is 48. The Morgan fingerprint density at radius 1 is 0.176 bits per heavy atom. The largest absolute Gasteiger partial charge is 0.550 e. The molecule has 0 unspecified atom stereocenters. The first-order valence-electron chi connectivity index (χ1n) is 29.8. The van der Waals surface area contributed by atoms with Crippen molar-refractivity contribution in [2.75, 3.05) is 0 Å². The molecule has 0 atom stereocenters. The fourth-order valence-electron chi connectivity index (χ4n) is 7.36. The molecule has 0 aromatic heterocycles. The van der Waals surface area contributed by atoms with Crippen LogP contribution >= 0.6 is 0 Å². The molecule has 0 aliphatic heterocycles. The number of carbonyl (C=O) groups excluding carboxylic acids is 6. The second-order valence-electron chi connectivity index (χ2n) is 19.5. The van der Waals surface area contributed by atoms with Gasteiger partial charge in [-0.05, 0) is 77.0 Å². The summed E-state index contributed by atoms with van der Waals surface area (Å²) in [4.78, 5) is 60.1. The number of carboxylic acid groups (broad SMARTS) is 6. The van der Waals surface area contributed by atoms with E-state index in [1.54, 1.807) is 0 Å². The third kappa shape index (κ3) is 123. The van der Waals surface area contributed by atoms with Crippen molar-refractivity contribution in [1.82, 2.24) is 0 Å². The molecule has 0 heterocycles. The van der Waals surface area contributed by atoms with E-state index in [-0.39, 0.29) is 79.4 Å². The number of carbonyl (C=O) groups is 6. The number of hydrogen-bond acceptors (Lipinski definition) is 12. The van der Waals surface area contributed by atoms with Crippen LogP contribution in [0, 0.1) is 0 Å². The van der Waals surface area contributed by atoms with Gasteiger partial charge in [0.2, 0.25) is 0 Å². The van der Waals surface area contributed by atoms with Crippen LogP contribution in [0.5, 0.6) is 0 Å². The van der Waals surface area contributed by atoms with Crippen LogP contribution in [0.25, 0.3) is 0 Å². The Bertz CT molecular complexity index is 893. The van der Waals surface area contributed by atoms with E-state index in [0.29, 0.717) is 0 Å². The SMILES string of the molecule is CCCCCCCCCC(=O)[O-].CCCCCCCCCC(=O)[O-].CCCCCCCCCC(=O)[O-].CCCCCCCCCC(=O)[O-].CCCCCCCCCC(=O)[O-].CCCCCCCCCC(=O)[O-].[Pd].[Pd]. The number of carboxylic acids is 6. The molecule has 0 aliphatic rings. The van der Waals surface area contributed by atoms with Crippen LogP contribution < -0.4 is 30.6 Å². The molecular formula is C60H114O12Pd2-6. The Morgan fingerprint density at radius 2 is 0.257 bits per heavy atom. The second kappa shape index (κ2) is 85.1. The Balaban J connectivity index is -0.000000117. The molecule has 0 aromatic carbocycles. The van der Waals surface area contributed by atoms with E-state index in [0.717, 1.165) is 77.0 Å². The van der Waals surface area contributed by atoms with Crippen LogP contribution in [0.3, 0.4) is 0 Å². The first kappa shape index (κ1) is 88.7. The molecule has 74 heavy (non-hydrogen) atoms. The van der Waals surface area contributed by atoms with Crippen LogP contribution in [0.4, 0.5) is 0 Å². The minimum atomic E-state index is -0.913. The maximum atomic E-state index is 10.0. The molecule has 0 fully saturated rings. The van der Waals surface area contributed by atoms with E-state index in [9.17, 15) is 59.4 Å². The van der Waals surface area contributed by atoms with Crippen LogP contribution in [0.15, 0.2) is 0 Å². The summed E-state index contributed by atoms with van der Waals surface area (Å²) in [5.74, 6) is -5.48. The molecule has 0 bridgehead atoms. The van der Waals surface area contributed by atoms with Gasteiger partial charge in [-0.1, -0.05) is 273 Å². The molecule has 0 aromatic rings. The predicted octanol–water partition coefficient (Wildman–Crippen LogP) is 11.3. The monoisotopic (exact) mass is 1240 g/mol. The molecule has 0 rings (SSSR count). The molecule has 12 nitrogen and oxygen atoms in total. The van der Waals surface area contributed by atoms with Crippen molar-refractivity contribution in [1.29, 1.82) is 0 Å². The summed E-state index contributed by atoms with van der Waals surface area (Å²) in [5.41, 5.74) is 0. The fourth-order valence-corrected chi connectivity index (χ4v) is 7.36. The van der Waals surface area contributed by atoms with Crippen molar-refractivity contribution in [3.05, 3.63) is 0 Å². The van der Waals surface area contributed by atoms with Crippen molar-refractivity contribution < 1.29 is 100 Å². The van der Waals surface area contributed by atoms with E-state index in [2.05, 4.69) is 41.5 Å². The van der Waals surface area contributed by atoms with Crippen molar-refractivity contribution in [3.8, 4) is 0 Å². The summed E-state index contributed by atoms with van der Waals surface area (Å²) in [6.45, 7) is 13.1. The maximum Gasteiger partial charge on any atom is 0.0414 e. The topological polar surface area (TPSA) is 241 Å². The van der Waals surface area contributed by atoms with Gasteiger partial charge in [0, 0.05) is 76.7 Å². The summed E-state index contributed by atoms with van der Waals surface area (Å²) < 4.78 is 0. The molecule has 0 radical (unpaired) electrons. The Morgan fingerprint density at radius 3 is 0.338 bits per heavy atom. The zero-order chi connectivity index (χ0) is 55.4. The second-order valence-corrected chi connectivity index (χ2v) is 19.5. The maximum absolute atomic E-state index is 10.0. The minimum absolute atomic E-state index is 0. The quantitative estimate of drug-likeness (QED) is 0.0408. The summed E-state index contributed by atoms with van der Waals surface area (Å²) in [7, 11) is 0. The third-order valence-electron chi connectivity index (χ3n) is 11.9. The molecule has 0 aliphatic carbocycles. The minimum Gasteiger partial charge on any atom is -0.550 e. The molecule has 0 saturated carbocycles. The zero-order valence-electron chi connectivity index (χ0n) is 48.5. The number of aliphatic carboxylic acids is 6. The van der Waals surface area contributed by atoms with E-state index >= 15 is 0 Å². The van der Waals surface area contributed by atoms with Gasteiger partial charge in [0.25, 0.3) is 0 Å². The predicted molar refractivity (Wildman–Crippen MR) is 286 cm³/mol. The number of hydrogen-bond donors (Lipinski definition) is 0. The van der Waals surface area contributed by atoms with Gasteiger partial charge in [-0.15, -0.1) is 0 Å². The van der Waals surface area contributed by atoms with Gasteiger partial charge in [-0.2, -0.15) is 0 Å². The van der Waals surface area contributed by atoms with Crippen LogP contribution in [-0.4, -0.2) is 35.8 Å². The fraction of sp³-hybridized carbons (Fsp3) is 0.900. The van der Waals surface area contributed by atoms with Crippen molar-refractivity contribution >= 4 is 35.8 Å². The Hall–Kier alpha value is -1.86. The van der Waals surface area contributed by atoms with Crippen LogP contribution in [0.2, 0.25) is 0 Å². The van der Waals surface area contributed by atoms with Gasteiger partial charge < -0.3 is 59.4 Å². The van der Waals surface area contributed by atoms with E-state index in [1.165, 1.54) is 193 Å². The smallest absolute Gasteiger partial charge is 0.0414 e. The molecule has 14 heteroatoms. The van der Waals surface area contributed by atoms with E-state index < -0.39 is 35.8 Å². The molecule has 0 N–H and O–H groups in total. The average Bonchev–Trinajstić information content (AvgIpc) is 3.33. The van der Waals surface area contributed by atoms with Gasteiger partial charge >= 0.3 is 0 Å². The van der Waals surface area contributed by atoms with Gasteiger partial charge in [-0.25, -0.2) is 0 Å². The molecule has 0 spiro atoms. The van der Waals surface area contributed by atoms with Crippen molar-refractivity contribution in [3.63, 3.8) is 0 Å². The summed E-state index contributed by atoms with van der Waals surface area (Å²) >= 11 is 0. The first-order chi connectivity index (χ1) is 34.6. The summed E-state index contributed by atoms with van der Waals surface area (Å²) in [6, 6.07) is 0. The van der Waals surface area contributed by atoms with Crippen LogP contribution in [-0.2, 0) is 69.6 Å². The van der Waals surface area contributed by atoms with E-state index in [1.807, 2.05) is 0 Å². The third-order valence-corrected chi connectivity index (χ3v) is 11.9. The standard InChI is InChI=1S/6C10H20O2.2Pd/c6*1-2-3-4-5-6-7-8-9-10(11)12;;/h6*2-9H2,1H3,(H,11,12);;/p-6. The normalized spacial score (nSPS) is 9.81. The Kier molecular flexibility index (Phi) is 102. The van der Waals surface area contributed by atoms with Gasteiger partial charge in [0.1, 0.15) is 0 Å². The van der Waals surface area contributed by atoms with Gasteiger partial charge in [-0.3, -0.25) is 0 Å².